The molecule has 2 aliphatic rings. The second-order valence-corrected chi connectivity index (χ2v) is 9.15. The number of amides is 1. The van der Waals surface area contributed by atoms with Crippen LogP contribution in [0.5, 0.6) is 17.2 Å². The van der Waals surface area contributed by atoms with E-state index >= 15 is 0 Å². The molecule has 0 bridgehead atoms. The Morgan fingerprint density at radius 1 is 1.05 bits per heavy atom. The molecule has 8 heteroatoms. The number of rotatable bonds is 11. The van der Waals surface area contributed by atoms with Crippen LogP contribution in [0.1, 0.15) is 50.8 Å². The van der Waals surface area contributed by atoms with Gasteiger partial charge >= 0.3 is 0 Å². The molecule has 0 radical (unpaired) electrons. The van der Waals surface area contributed by atoms with E-state index in [1.54, 1.807) is 23.1 Å². The molecular formula is C29H36N2O6. The van der Waals surface area contributed by atoms with Crippen LogP contribution in [0.4, 0.5) is 0 Å². The first kappa shape index (κ1) is 26.5. The third kappa shape index (κ3) is 5.74. The second-order valence-electron chi connectivity index (χ2n) is 9.15. The summed E-state index contributed by atoms with van der Waals surface area (Å²) in [6, 6.07) is 11.7. The summed E-state index contributed by atoms with van der Waals surface area (Å²) < 4.78 is 17.1. The number of carbonyl (C=O) groups excluding carboxylic acids is 2. The van der Waals surface area contributed by atoms with E-state index in [2.05, 4.69) is 18.7 Å². The monoisotopic (exact) mass is 508 g/mol. The SMILES string of the molecule is CCCOc1cccc([C@@H]2/C(=C(\O)c3ccc4c(c3)OCCO4)C(=O)C(=O)N2CCCN(CC)CC)c1. The molecule has 1 atom stereocenters. The molecule has 37 heavy (non-hydrogen) atoms. The Morgan fingerprint density at radius 3 is 2.54 bits per heavy atom. The van der Waals surface area contributed by atoms with Crippen LogP contribution in [0.15, 0.2) is 48.0 Å². The van der Waals surface area contributed by atoms with Gasteiger partial charge in [-0.25, -0.2) is 0 Å². The van der Waals surface area contributed by atoms with Gasteiger partial charge in [0.2, 0.25) is 0 Å². The number of benzene rings is 2. The van der Waals surface area contributed by atoms with E-state index in [1.165, 1.54) is 0 Å². The van der Waals surface area contributed by atoms with Gasteiger partial charge in [0.25, 0.3) is 11.7 Å². The van der Waals surface area contributed by atoms with E-state index in [0.717, 1.165) is 31.6 Å². The molecule has 2 aliphatic heterocycles. The van der Waals surface area contributed by atoms with Gasteiger partial charge in [0.1, 0.15) is 24.7 Å². The lowest BCUT2D eigenvalue weighted by Gasteiger charge is -2.27. The minimum atomic E-state index is -0.727. The van der Waals surface area contributed by atoms with Crippen LogP contribution >= 0.6 is 0 Å². The largest absolute Gasteiger partial charge is 0.507 e. The van der Waals surface area contributed by atoms with Gasteiger partial charge in [-0.1, -0.05) is 32.9 Å². The van der Waals surface area contributed by atoms with Crippen LogP contribution in [0.3, 0.4) is 0 Å². The number of aliphatic hydroxyl groups is 1. The first-order chi connectivity index (χ1) is 18.0. The van der Waals surface area contributed by atoms with Crippen molar-refractivity contribution >= 4 is 17.4 Å². The van der Waals surface area contributed by atoms with Crippen molar-refractivity contribution in [3.8, 4) is 17.2 Å². The Kier molecular flexibility index (Phi) is 8.71. The molecule has 2 heterocycles. The average molecular weight is 509 g/mol. The van der Waals surface area contributed by atoms with Crippen LogP contribution < -0.4 is 14.2 Å². The van der Waals surface area contributed by atoms with Gasteiger partial charge in [-0.05, 0) is 68.4 Å². The number of likely N-dealkylation sites (tertiary alicyclic amines) is 1. The predicted octanol–water partition coefficient (Wildman–Crippen LogP) is 4.40. The number of ether oxygens (including phenoxy) is 3. The average Bonchev–Trinajstić information content (AvgIpc) is 3.18. The Hall–Kier alpha value is -3.52. The first-order valence-electron chi connectivity index (χ1n) is 13.1. The zero-order chi connectivity index (χ0) is 26.4. The molecule has 0 spiro atoms. The normalized spacial score (nSPS) is 18.5. The van der Waals surface area contributed by atoms with Crippen molar-refractivity contribution in [2.24, 2.45) is 0 Å². The van der Waals surface area contributed by atoms with E-state index < -0.39 is 17.7 Å². The Labute approximate surface area is 218 Å². The highest BCUT2D eigenvalue weighted by molar-refractivity contribution is 6.46. The smallest absolute Gasteiger partial charge is 0.295 e. The molecule has 198 valence electrons. The molecule has 1 fully saturated rings. The topological polar surface area (TPSA) is 88.5 Å². The van der Waals surface area contributed by atoms with Gasteiger partial charge in [-0.3, -0.25) is 9.59 Å². The minimum absolute atomic E-state index is 0.0668. The Morgan fingerprint density at radius 2 is 1.81 bits per heavy atom. The van der Waals surface area contributed by atoms with Crippen LogP contribution in [-0.2, 0) is 9.59 Å². The highest BCUT2D eigenvalue weighted by atomic mass is 16.6. The van der Waals surface area contributed by atoms with Crippen molar-refractivity contribution in [2.75, 3.05) is 46.0 Å². The fraction of sp³-hybridized carbons (Fsp3) is 0.448. The summed E-state index contributed by atoms with van der Waals surface area (Å²) in [7, 11) is 0. The van der Waals surface area contributed by atoms with Gasteiger partial charge in [-0.15, -0.1) is 0 Å². The van der Waals surface area contributed by atoms with Gasteiger partial charge in [0.05, 0.1) is 18.2 Å². The number of carbonyl (C=O) groups is 2. The van der Waals surface area contributed by atoms with Crippen molar-refractivity contribution in [3.05, 3.63) is 59.2 Å². The molecule has 1 saturated heterocycles. The molecule has 1 amide bonds. The van der Waals surface area contributed by atoms with Gasteiger partial charge in [-0.2, -0.15) is 0 Å². The van der Waals surface area contributed by atoms with Gasteiger partial charge < -0.3 is 29.1 Å². The van der Waals surface area contributed by atoms with E-state index in [-0.39, 0.29) is 11.3 Å². The van der Waals surface area contributed by atoms with E-state index in [0.29, 0.717) is 55.6 Å². The van der Waals surface area contributed by atoms with E-state index in [1.807, 2.05) is 31.2 Å². The summed E-state index contributed by atoms with van der Waals surface area (Å²) in [5.74, 6) is 0.203. The van der Waals surface area contributed by atoms with Crippen molar-refractivity contribution in [1.29, 1.82) is 0 Å². The van der Waals surface area contributed by atoms with Crippen LogP contribution in [-0.4, -0.2) is 72.6 Å². The zero-order valence-electron chi connectivity index (χ0n) is 21.9. The number of hydrogen-bond donors (Lipinski definition) is 1. The molecule has 0 aromatic heterocycles. The molecule has 0 aliphatic carbocycles. The lowest BCUT2D eigenvalue weighted by Crippen LogP contribution is -2.33. The highest BCUT2D eigenvalue weighted by Crippen LogP contribution is 2.41. The summed E-state index contributed by atoms with van der Waals surface area (Å²) in [5.41, 5.74) is 1.18. The summed E-state index contributed by atoms with van der Waals surface area (Å²) in [6.45, 7) is 10.7. The molecule has 8 nitrogen and oxygen atoms in total. The highest BCUT2D eigenvalue weighted by Gasteiger charge is 2.46. The Balaban J connectivity index is 1.74. The van der Waals surface area contributed by atoms with E-state index in [4.69, 9.17) is 14.2 Å². The summed E-state index contributed by atoms with van der Waals surface area (Å²) in [5, 5.41) is 11.4. The maximum absolute atomic E-state index is 13.4. The molecule has 2 aromatic rings. The fourth-order valence-corrected chi connectivity index (χ4v) is 4.80. The number of ketones is 1. The van der Waals surface area contributed by atoms with Crippen molar-refractivity contribution in [3.63, 3.8) is 0 Å². The van der Waals surface area contributed by atoms with Crippen LogP contribution in [0.2, 0.25) is 0 Å². The predicted molar refractivity (Wildman–Crippen MR) is 141 cm³/mol. The minimum Gasteiger partial charge on any atom is -0.507 e. The first-order valence-corrected chi connectivity index (χ1v) is 13.1. The molecule has 2 aromatic carbocycles. The number of Topliss-reactive ketones (excluding diaryl/α,β-unsaturated/α-hetero) is 1. The second kappa shape index (κ2) is 12.1. The zero-order valence-corrected chi connectivity index (χ0v) is 21.9. The summed E-state index contributed by atoms with van der Waals surface area (Å²) in [4.78, 5) is 30.5. The number of nitrogens with zero attached hydrogens (tertiary/aromatic N) is 2. The number of hydrogen-bond acceptors (Lipinski definition) is 7. The summed E-state index contributed by atoms with van der Waals surface area (Å²) >= 11 is 0. The van der Waals surface area contributed by atoms with Gasteiger partial charge in [0.15, 0.2) is 11.5 Å². The maximum atomic E-state index is 13.4. The lowest BCUT2D eigenvalue weighted by molar-refractivity contribution is -0.140. The molecule has 1 N–H and O–H groups in total. The summed E-state index contributed by atoms with van der Waals surface area (Å²) in [6.07, 6.45) is 1.57. The molecule has 0 unspecified atom stereocenters. The number of aliphatic hydroxyl groups excluding tert-OH is 1. The van der Waals surface area contributed by atoms with Crippen LogP contribution in [0.25, 0.3) is 5.76 Å². The van der Waals surface area contributed by atoms with Crippen molar-refractivity contribution in [2.45, 2.75) is 39.7 Å². The van der Waals surface area contributed by atoms with Crippen LogP contribution in [0, 0.1) is 0 Å². The van der Waals surface area contributed by atoms with E-state index in [9.17, 15) is 14.7 Å². The van der Waals surface area contributed by atoms with Gasteiger partial charge in [0, 0.05) is 12.1 Å². The third-order valence-electron chi connectivity index (χ3n) is 6.77. The Bertz CT molecular complexity index is 1160. The molecule has 4 rings (SSSR count). The van der Waals surface area contributed by atoms with Crippen molar-refractivity contribution < 1.29 is 28.9 Å². The molecule has 0 saturated carbocycles. The standard InChI is InChI=1S/C29H36N2O6/c1-4-15-35-22-10-7-9-20(18-22)26-25(27(32)21-11-12-23-24(19-21)37-17-16-36-23)28(33)29(34)31(26)14-8-13-30(5-2)6-3/h7,9-12,18-19,26,32H,4-6,8,13-17H2,1-3H3/b27-25+/t26-/m1/s1. The van der Waals surface area contributed by atoms with Crippen molar-refractivity contribution in [1.82, 2.24) is 9.80 Å². The number of fused-ring (bicyclic) bond motifs is 1. The maximum Gasteiger partial charge on any atom is 0.295 e. The quantitative estimate of drug-likeness (QED) is 0.273. The lowest BCUT2D eigenvalue weighted by atomic mass is 9.95. The third-order valence-corrected chi connectivity index (χ3v) is 6.77. The fourth-order valence-electron chi connectivity index (χ4n) is 4.80. The molecular weight excluding hydrogens is 472 g/mol.